The first kappa shape index (κ1) is 18.4. The van der Waals surface area contributed by atoms with Gasteiger partial charge in [-0.3, -0.25) is 4.90 Å². The highest BCUT2D eigenvalue weighted by atomic mass is 79.9. The third-order valence-electron chi connectivity index (χ3n) is 3.60. The molecule has 0 N–H and O–H groups in total. The zero-order valence-corrected chi connectivity index (χ0v) is 16.6. The first-order valence-corrected chi connectivity index (χ1v) is 10.7. The molecule has 1 aromatic carbocycles. The molecule has 0 aliphatic carbocycles. The summed E-state index contributed by atoms with van der Waals surface area (Å²) in [6.45, 7) is 10.7. The Morgan fingerprint density at radius 3 is 2.61 bits per heavy atom. The third-order valence-corrected chi connectivity index (χ3v) is 4.97. The van der Waals surface area contributed by atoms with Gasteiger partial charge >= 0.3 is 6.09 Å². The monoisotopic (exact) mass is 402 g/mol. The number of hydrogen-bond donors (Lipinski definition) is 0. The number of carbonyl (C=O) groups excluding carboxylic acids is 1. The molecule has 23 heavy (non-hydrogen) atoms. The molecule has 2 atom stereocenters. The van der Waals surface area contributed by atoms with Gasteiger partial charge in [-0.15, -0.1) is 0 Å². The number of hydrogen-bond acceptors (Lipinski definition) is 3. The molecule has 1 aliphatic rings. The molecule has 4 nitrogen and oxygen atoms in total. The van der Waals surface area contributed by atoms with E-state index in [4.69, 9.17) is 9.16 Å². The average Bonchev–Trinajstić information content (AvgIpc) is 2.79. The lowest BCUT2D eigenvalue weighted by Gasteiger charge is -2.35. The van der Waals surface area contributed by atoms with Crippen LogP contribution in [0, 0.1) is 11.2 Å². The topological polar surface area (TPSA) is 38.8 Å². The maximum Gasteiger partial charge on any atom is 0.414 e. The molecule has 0 aromatic heterocycles. The molecule has 1 radical (unpaired) electrons. The van der Waals surface area contributed by atoms with Crippen molar-refractivity contribution >= 4 is 36.8 Å². The highest BCUT2D eigenvalue weighted by Crippen LogP contribution is 2.33. The summed E-state index contributed by atoms with van der Waals surface area (Å²) in [4.78, 5) is 13.7. The SMILES string of the molecule is C[Si](C)O[C@@H](C1CN(c2ccc(Br)c(F)c2)C(=O)O1)C(C)(C)C. The summed E-state index contributed by atoms with van der Waals surface area (Å²) in [7, 11) is -0.939. The van der Waals surface area contributed by atoms with Crippen LogP contribution in [0.15, 0.2) is 22.7 Å². The molecule has 1 aromatic rings. The van der Waals surface area contributed by atoms with Gasteiger partial charge in [0.2, 0.25) is 9.04 Å². The number of benzene rings is 1. The van der Waals surface area contributed by atoms with E-state index in [1.807, 2.05) is 0 Å². The fraction of sp³-hybridized carbons (Fsp3) is 0.562. The molecule has 1 amide bonds. The van der Waals surface area contributed by atoms with Crippen molar-refractivity contribution in [3.63, 3.8) is 0 Å². The predicted octanol–water partition coefficient (Wildman–Crippen LogP) is 4.60. The van der Waals surface area contributed by atoms with Crippen LogP contribution >= 0.6 is 15.9 Å². The molecule has 2 rings (SSSR count). The first-order chi connectivity index (χ1) is 10.6. The Bertz CT molecular complexity index is 591. The first-order valence-electron chi connectivity index (χ1n) is 7.49. The van der Waals surface area contributed by atoms with Crippen molar-refractivity contribution in [2.75, 3.05) is 11.4 Å². The molecule has 0 saturated carbocycles. The quantitative estimate of drug-likeness (QED) is 0.690. The normalized spacial score (nSPS) is 20.1. The lowest BCUT2D eigenvalue weighted by atomic mass is 9.86. The number of nitrogens with zero attached hydrogens (tertiary/aromatic N) is 1. The van der Waals surface area contributed by atoms with Crippen LogP contribution in [0.4, 0.5) is 14.9 Å². The van der Waals surface area contributed by atoms with Crippen LogP contribution in [0.2, 0.25) is 13.1 Å². The minimum absolute atomic E-state index is 0.159. The van der Waals surface area contributed by atoms with E-state index >= 15 is 0 Å². The van der Waals surface area contributed by atoms with Gasteiger partial charge in [0.25, 0.3) is 0 Å². The van der Waals surface area contributed by atoms with Gasteiger partial charge in [-0.2, -0.15) is 0 Å². The third kappa shape index (κ3) is 4.33. The highest BCUT2D eigenvalue weighted by molar-refractivity contribution is 9.10. The molecular weight excluding hydrogens is 381 g/mol. The maximum atomic E-state index is 13.7. The fourth-order valence-electron chi connectivity index (χ4n) is 2.57. The summed E-state index contributed by atoms with van der Waals surface area (Å²) < 4.78 is 25.7. The highest BCUT2D eigenvalue weighted by Gasteiger charge is 2.43. The van der Waals surface area contributed by atoms with Crippen molar-refractivity contribution in [3.8, 4) is 0 Å². The summed E-state index contributed by atoms with van der Waals surface area (Å²) in [6.07, 6.45) is -1.02. The number of cyclic esters (lactones) is 1. The van der Waals surface area contributed by atoms with E-state index in [1.165, 1.54) is 11.0 Å². The molecular formula is C16H22BrFNO3Si. The maximum absolute atomic E-state index is 13.7. The second-order valence-electron chi connectivity index (χ2n) is 6.94. The smallest absolute Gasteiger partial charge is 0.414 e. The van der Waals surface area contributed by atoms with Gasteiger partial charge in [0.15, 0.2) is 0 Å². The summed E-state index contributed by atoms with van der Waals surface area (Å²) in [5, 5.41) is 0. The largest absolute Gasteiger partial charge is 0.441 e. The minimum Gasteiger partial charge on any atom is -0.441 e. The molecule has 0 bridgehead atoms. The standard InChI is InChI=1S/C16H22BrFNO3Si/c1-16(2,3)14(22-23(4)5)13-9-19(15(20)21-13)10-6-7-11(17)12(18)8-10/h6-8,13-14H,9H2,1-5H3/t13?,14-/m0/s1. The summed E-state index contributed by atoms with van der Waals surface area (Å²) in [5.41, 5.74) is 0.331. The van der Waals surface area contributed by atoms with Crippen molar-refractivity contribution in [1.29, 1.82) is 0 Å². The van der Waals surface area contributed by atoms with Crippen LogP contribution < -0.4 is 4.90 Å². The van der Waals surface area contributed by atoms with E-state index in [9.17, 15) is 9.18 Å². The lowest BCUT2D eigenvalue weighted by molar-refractivity contribution is -0.0143. The van der Waals surface area contributed by atoms with Gasteiger partial charge in [-0.05, 0) is 52.6 Å². The van der Waals surface area contributed by atoms with Crippen LogP contribution in [0.1, 0.15) is 20.8 Å². The Labute approximate surface area is 146 Å². The molecule has 7 heteroatoms. The van der Waals surface area contributed by atoms with Crippen molar-refractivity contribution in [2.24, 2.45) is 5.41 Å². The van der Waals surface area contributed by atoms with Gasteiger partial charge < -0.3 is 9.16 Å². The summed E-state index contributed by atoms with van der Waals surface area (Å²) in [6, 6.07) is 4.61. The molecule has 1 heterocycles. The van der Waals surface area contributed by atoms with E-state index in [0.717, 1.165) is 0 Å². The Morgan fingerprint density at radius 1 is 1.43 bits per heavy atom. The van der Waals surface area contributed by atoms with Crippen LogP contribution in [0.25, 0.3) is 0 Å². The molecule has 0 spiro atoms. The Morgan fingerprint density at radius 2 is 2.09 bits per heavy atom. The number of anilines is 1. The van der Waals surface area contributed by atoms with Crippen LogP contribution in [0.3, 0.4) is 0 Å². The van der Waals surface area contributed by atoms with Gasteiger partial charge in [-0.1, -0.05) is 20.8 Å². The molecule has 1 unspecified atom stereocenters. The lowest BCUT2D eigenvalue weighted by Crippen LogP contribution is -2.44. The number of amides is 1. The molecule has 1 aliphatic heterocycles. The predicted molar refractivity (Wildman–Crippen MR) is 93.5 cm³/mol. The Balaban J connectivity index is 2.22. The zero-order chi connectivity index (χ0) is 17.4. The number of carbonyl (C=O) groups is 1. The fourth-order valence-corrected chi connectivity index (χ4v) is 3.83. The second-order valence-corrected chi connectivity index (χ2v) is 9.85. The van der Waals surface area contributed by atoms with E-state index in [2.05, 4.69) is 49.8 Å². The summed E-state index contributed by atoms with van der Waals surface area (Å²) in [5.74, 6) is -0.407. The van der Waals surface area contributed by atoms with Crippen molar-refractivity contribution in [2.45, 2.75) is 46.1 Å². The zero-order valence-electron chi connectivity index (χ0n) is 14.0. The summed E-state index contributed by atoms with van der Waals surface area (Å²) >= 11 is 3.12. The van der Waals surface area contributed by atoms with Gasteiger partial charge in [-0.25, -0.2) is 9.18 Å². The van der Waals surface area contributed by atoms with E-state index in [-0.39, 0.29) is 17.6 Å². The molecule has 1 saturated heterocycles. The van der Waals surface area contributed by atoms with Crippen molar-refractivity contribution in [1.82, 2.24) is 0 Å². The van der Waals surface area contributed by atoms with Crippen molar-refractivity contribution < 1.29 is 18.3 Å². The van der Waals surface area contributed by atoms with Crippen LogP contribution in [-0.2, 0) is 9.16 Å². The Kier molecular flexibility index (Phi) is 5.53. The second kappa shape index (κ2) is 6.90. The van der Waals surface area contributed by atoms with Crippen LogP contribution in [0.5, 0.6) is 0 Å². The minimum atomic E-state index is -0.939. The van der Waals surface area contributed by atoms with Gasteiger partial charge in [0.1, 0.15) is 11.9 Å². The van der Waals surface area contributed by atoms with Crippen molar-refractivity contribution in [3.05, 3.63) is 28.5 Å². The van der Waals surface area contributed by atoms with Crippen LogP contribution in [-0.4, -0.2) is 33.9 Å². The number of rotatable bonds is 4. The average molecular weight is 403 g/mol. The van der Waals surface area contributed by atoms with Gasteiger partial charge in [0, 0.05) is 0 Å². The molecule has 1 fully saturated rings. The van der Waals surface area contributed by atoms with Gasteiger partial charge in [0.05, 0.1) is 22.8 Å². The van der Waals surface area contributed by atoms with E-state index < -0.39 is 21.0 Å². The Hall–Kier alpha value is -0.923. The molecule has 127 valence electrons. The van der Waals surface area contributed by atoms with E-state index in [0.29, 0.717) is 16.7 Å². The van der Waals surface area contributed by atoms with E-state index in [1.54, 1.807) is 12.1 Å². The number of ether oxygens (including phenoxy) is 1. The number of halogens is 2.